The summed E-state index contributed by atoms with van der Waals surface area (Å²) in [6, 6.07) is 14.4. The summed E-state index contributed by atoms with van der Waals surface area (Å²) in [5.41, 5.74) is 0.647. The molecule has 0 bridgehead atoms. The maximum atomic E-state index is 12.8. The maximum Gasteiger partial charge on any atom is 0.416 e. The van der Waals surface area contributed by atoms with Crippen molar-refractivity contribution >= 4 is 5.91 Å². The van der Waals surface area contributed by atoms with Crippen molar-refractivity contribution in [1.29, 1.82) is 0 Å². The van der Waals surface area contributed by atoms with E-state index in [2.05, 4.69) is 5.32 Å². The van der Waals surface area contributed by atoms with Crippen molar-refractivity contribution in [3.63, 3.8) is 0 Å². The number of nitrogens with one attached hydrogen (secondary N) is 1. The molecule has 2 aromatic rings. The van der Waals surface area contributed by atoms with E-state index in [9.17, 15) is 23.1 Å². The largest absolute Gasteiger partial charge is 0.416 e. The topological polar surface area (TPSA) is 49.3 Å². The van der Waals surface area contributed by atoms with Gasteiger partial charge in [0.1, 0.15) is 0 Å². The quantitative estimate of drug-likeness (QED) is 0.806. The average Bonchev–Trinajstić information content (AvgIpc) is 2.59. The molecule has 0 aromatic heterocycles. The van der Waals surface area contributed by atoms with E-state index in [1.165, 1.54) is 12.1 Å². The minimum absolute atomic E-state index is 0.107. The van der Waals surface area contributed by atoms with Crippen LogP contribution in [0.2, 0.25) is 0 Å². The van der Waals surface area contributed by atoms with Gasteiger partial charge in [-0.15, -0.1) is 0 Å². The third kappa shape index (κ3) is 5.32. The highest BCUT2D eigenvalue weighted by Crippen LogP contribution is 2.32. The number of hydrogen-bond donors (Lipinski definition) is 2. The first-order chi connectivity index (χ1) is 12.8. The number of carbonyl (C=O) groups is 1. The third-order valence-corrected chi connectivity index (χ3v) is 4.98. The summed E-state index contributed by atoms with van der Waals surface area (Å²) >= 11 is 0. The van der Waals surface area contributed by atoms with Gasteiger partial charge in [0.25, 0.3) is 0 Å². The number of alkyl halides is 3. The molecule has 1 fully saturated rings. The monoisotopic (exact) mass is 377 g/mol. The number of aliphatic hydroxyl groups excluding tert-OH is 1. The van der Waals surface area contributed by atoms with Crippen LogP contribution in [0.4, 0.5) is 13.2 Å². The molecule has 144 valence electrons. The normalized spacial score (nSPS) is 20.6. The lowest BCUT2D eigenvalue weighted by Crippen LogP contribution is -2.48. The summed E-state index contributed by atoms with van der Waals surface area (Å²) in [6.45, 7) is 0. The van der Waals surface area contributed by atoms with Crippen LogP contribution in [0.15, 0.2) is 54.6 Å². The van der Waals surface area contributed by atoms with Crippen LogP contribution in [0.25, 0.3) is 0 Å². The summed E-state index contributed by atoms with van der Waals surface area (Å²) in [4.78, 5) is 12.4. The molecular formula is C21H22F3NO2. The molecule has 1 atom stereocenters. The molecule has 0 spiro atoms. The van der Waals surface area contributed by atoms with Crippen LogP contribution in [0, 0.1) is 5.92 Å². The Hall–Kier alpha value is -2.34. The molecule has 1 saturated carbocycles. The van der Waals surface area contributed by atoms with Gasteiger partial charge in [-0.25, -0.2) is 0 Å². The molecule has 3 rings (SSSR count). The molecule has 2 N–H and O–H groups in total. The van der Waals surface area contributed by atoms with Crippen LogP contribution in [0.5, 0.6) is 0 Å². The van der Waals surface area contributed by atoms with Crippen LogP contribution >= 0.6 is 0 Å². The van der Waals surface area contributed by atoms with Gasteiger partial charge >= 0.3 is 6.18 Å². The first kappa shape index (κ1) is 19.4. The van der Waals surface area contributed by atoms with E-state index in [0.29, 0.717) is 24.8 Å². The summed E-state index contributed by atoms with van der Waals surface area (Å²) in [5.74, 6) is -0.137. The fourth-order valence-electron chi connectivity index (χ4n) is 3.46. The molecule has 0 radical (unpaired) electrons. The van der Waals surface area contributed by atoms with E-state index in [1.54, 1.807) is 0 Å². The van der Waals surface area contributed by atoms with Crippen molar-refractivity contribution < 1.29 is 23.1 Å². The van der Waals surface area contributed by atoms with Gasteiger partial charge in [0.05, 0.1) is 18.1 Å². The highest BCUT2D eigenvalue weighted by atomic mass is 19.4. The van der Waals surface area contributed by atoms with Gasteiger partial charge < -0.3 is 10.4 Å². The van der Waals surface area contributed by atoms with Crippen molar-refractivity contribution in [2.45, 2.75) is 44.0 Å². The molecule has 0 saturated heterocycles. The highest BCUT2D eigenvalue weighted by molar-refractivity contribution is 5.79. The summed E-state index contributed by atoms with van der Waals surface area (Å²) in [7, 11) is 0. The second-order valence-electron chi connectivity index (χ2n) is 7.12. The molecule has 27 heavy (non-hydrogen) atoms. The summed E-state index contributed by atoms with van der Waals surface area (Å²) in [6.07, 6.45) is -2.99. The van der Waals surface area contributed by atoms with E-state index in [0.717, 1.165) is 17.7 Å². The Bertz CT molecular complexity index is 770. The summed E-state index contributed by atoms with van der Waals surface area (Å²) < 4.78 is 38.5. The van der Waals surface area contributed by atoms with Crippen molar-refractivity contribution in [2.75, 3.05) is 0 Å². The molecule has 6 heteroatoms. The molecule has 3 nitrogen and oxygen atoms in total. The van der Waals surface area contributed by atoms with Crippen molar-refractivity contribution in [3.8, 4) is 0 Å². The first-order valence-electron chi connectivity index (χ1n) is 8.99. The molecule has 1 aliphatic rings. The number of benzene rings is 2. The Labute approximate surface area is 156 Å². The van der Waals surface area contributed by atoms with Gasteiger partial charge in [0, 0.05) is 6.04 Å². The van der Waals surface area contributed by atoms with Gasteiger partial charge in [-0.2, -0.15) is 13.2 Å². The molecule has 0 heterocycles. The van der Waals surface area contributed by atoms with Crippen LogP contribution in [-0.2, 0) is 23.8 Å². The lowest BCUT2D eigenvalue weighted by molar-refractivity contribution is -0.137. The number of halogens is 3. The fraction of sp³-hybridized carbons (Fsp3) is 0.381. The van der Waals surface area contributed by atoms with Gasteiger partial charge in [0.2, 0.25) is 5.91 Å². The first-order valence-corrected chi connectivity index (χ1v) is 8.99. The van der Waals surface area contributed by atoms with E-state index in [1.807, 2.05) is 30.3 Å². The smallest absolute Gasteiger partial charge is 0.393 e. The molecule has 2 aromatic carbocycles. The minimum atomic E-state index is -4.43. The van der Waals surface area contributed by atoms with E-state index >= 15 is 0 Å². The Balaban J connectivity index is 1.65. The van der Waals surface area contributed by atoms with Crippen LogP contribution < -0.4 is 5.32 Å². The Morgan fingerprint density at radius 3 is 2.37 bits per heavy atom. The maximum absolute atomic E-state index is 12.8. The number of aliphatic hydroxyl groups is 1. The average molecular weight is 377 g/mol. The van der Waals surface area contributed by atoms with Gasteiger partial charge in [0.15, 0.2) is 0 Å². The van der Waals surface area contributed by atoms with Gasteiger partial charge in [-0.05, 0) is 42.4 Å². The van der Waals surface area contributed by atoms with Crippen LogP contribution in [0.1, 0.15) is 29.5 Å². The van der Waals surface area contributed by atoms with Crippen LogP contribution in [-0.4, -0.2) is 23.2 Å². The molecule has 1 aliphatic carbocycles. The highest BCUT2D eigenvalue weighted by Gasteiger charge is 2.35. The predicted molar refractivity (Wildman–Crippen MR) is 96.0 cm³/mol. The number of hydrogen-bond acceptors (Lipinski definition) is 2. The van der Waals surface area contributed by atoms with E-state index in [4.69, 9.17) is 0 Å². The molecule has 0 unspecified atom stereocenters. The van der Waals surface area contributed by atoms with Gasteiger partial charge in [-0.1, -0.05) is 48.5 Å². The minimum Gasteiger partial charge on any atom is -0.393 e. The SMILES string of the molecule is O=C(Cc1cccc(C(F)(F)F)c1)N[C@H](Cc1ccccc1)C1CC(O)C1. The Morgan fingerprint density at radius 1 is 1.07 bits per heavy atom. The van der Waals surface area contributed by atoms with Crippen molar-refractivity contribution in [3.05, 3.63) is 71.3 Å². The van der Waals surface area contributed by atoms with E-state index < -0.39 is 11.7 Å². The number of carbonyl (C=O) groups excluding carboxylic acids is 1. The molecule has 1 amide bonds. The summed E-state index contributed by atoms with van der Waals surface area (Å²) in [5, 5.41) is 12.6. The van der Waals surface area contributed by atoms with Crippen molar-refractivity contribution in [1.82, 2.24) is 5.32 Å². The van der Waals surface area contributed by atoms with Gasteiger partial charge in [-0.3, -0.25) is 4.79 Å². The lowest BCUT2D eigenvalue weighted by atomic mass is 9.75. The molecule has 0 aliphatic heterocycles. The number of amides is 1. The third-order valence-electron chi connectivity index (χ3n) is 4.98. The second-order valence-corrected chi connectivity index (χ2v) is 7.12. The van der Waals surface area contributed by atoms with Crippen molar-refractivity contribution in [2.24, 2.45) is 5.92 Å². The fourth-order valence-corrected chi connectivity index (χ4v) is 3.46. The number of rotatable bonds is 6. The molecular weight excluding hydrogens is 355 g/mol. The Kier molecular flexibility index (Phi) is 5.85. The predicted octanol–water partition coefficient (Wildman–Crippen LogP) is 3.75. The standard InChI is InChI=1S/C21H22F3NO2/c22-21(23,24)17-8-4-7-15(9-17)11-20(27)25-19(16-12-18(26)13-16)10-14-5-2-1-3-6-14/h1-9,16,18-19,26H,10-13H2,(H,25,27)/t16?,18?,19-/m1/s1. The zero-order valence-corrected chi connectivity index (χ0v) is 14.7. The van der Waals surface area contributed by atoms with E-state index in [-0.39, 0.29) is 30.4 Å². The Morgan fingerprint density at radius 2 is 1.74 bits per heavy atom. The zero-order chi connectivity index (χ0) is 19.4. The van der Waals surface area contributed by atoms with Crippen LogP contribution in [0.3, 0.4) is 0 Å². The lowest BCUT2D eigenvalue weighted by Gasteiger charge is -2.38. The second kappa shape index (κ2) is 8.13. The zero-order valence-electron chi connectivity index (χ0n) is 14.7.